The Labute approximate surface area is 219 Å². The summed E-state index contributed by atoms with van der Waals surface area (Å²) in [6, 6.07) is 15.7. The number of piperidine rings is 1. The molecule has 6 heteroatoms. The number of unbranched alkanes of at least 4 members (excludes halogenated alkanes) is 2. The lowest BCUT2D eigenvalue weighted by molar-refractivity contribution is -0.146. The lowest BCUT2D eigenvalue weighted by Crippen LogP contribution is -2.44. The van der Waals surface area contributed by atoms with E-state index in [0.717, 1.165) is 56.1 Å². The Morgan fingerprint density at radius 2 is 2.03 bits per heavy atom. The van der Waals surface area contributed by atoms with Crippen LogP contribution in [0.4, 0.5) is 4.39 Å². The highest BCUT2D eigenvalue weighted by Gasteiger charge is 2.34. The Hall–Kier alpha value is -2.99. The number of alkyl halides is 1. The highest BCUT2D eigenvalue weighted by molar-refractivity contribution is 5.83. The van der Waals surface area contributed by atoms with Gasteiger partial charge in [0, 0.05) is 18.1 Å². The number of ether oxygens (including phenoxy) is 1. The number of aliphatic carboxylic acids is 1. The normalized spacial score (nSPS) is 19.1. The molecule has 2 aromatic carbocycles. The van der Waals surface area contributed by atoms with Gasteiger partial charge >= 0.3 is 5.97 Å². The van der Waals surface area contributed by atoms with E-state index in [1.54, 1.807) is 19.4 Å². The molecule has 1 aromatic heterocycles. The molecule has 0 saturated carbocycles. The number of carbonyl (C=O) groups is 1. The van der Waals surface area contributed by atoms with E-state index in [2.05, 4.69) is 41.1 Å². The van der Waals surface area contributed by atoms with Crippen LogP contribution in [0.1, 0.15) is 61.4 Å². The maximum atomic E-state index is 15.4. The van der Waals surface area contributed by atoms with Crippen LogP contribution in [0.5, 0.6) is 5.75 Å². The number of carboxylic acid groups (broad SMARTS) is 1. The van der Waals surface area contributed by atoms with Gasteiger partial charge in [0.25, 0.3) is 0 Å². The monoisotopic (exact) mass is 506 g/mol. The van der Waals surface area contributed by atoms with Crippen LogP contribution >= 0.6 is 0 Å². The summed E-state index contributed by atoms with van der Waals surface area (Å²) in [6.45, 7) is 4.54. The molecule has 3 aromatic rings. The molecule has 1 saturated heterocycles. The van der Waals surface area contributed by atoms with Crippen LogP contribution in [-0.2, 0) is 11.2 Å². The Bertz CT molecular complexity index is 1180. The van der Waals surface area contributed by atoms with E-state index < -0.39 is 18.1 Å². The second-order valence-corrected chi connectivity index (χ2v) is 10.4. The molecule has 0 bridgehead atoms. The summed E-state index contributed by atoms with van der Waals surface area (Å²) in [5, 5.41) is 10.7. The summed E-state index contributed by atoms with van der Waals surface area (Å²) in [5.41, 5.74) is 4.09. The van der Waals surface area contributed by atoms with Crippen LogP contribution in [0.2, 0.25) is 0 Å². The van der Waals surface area contributed by atoms with Gasteiger partial charge in [-0.15, -0.1) is 0 Å². The standard InChI is InChI=1S/C31H39FN2O3/c1-22-8-5-6-10-23(22)9-4-3-7-18-34-19-16-24(28(21-34)31(35)36)11-13-29(32)26-15-17-33-30-14-12-25(37-2)20-27(26)30/h5-6,8,10,12,14-15,17,20,24,28-29H,3-4,7,9,11,13,16,18-19,21H2,1-2H3,(H,35,36)/t24-,28+,29?/m1/s1. The fraction of sp³-hybridized carbons (Fsp3) is 0.484. The highest BCUT2D eigenvalue weighted by atomic mass is 19.1. The second kappa shape index (κ2) is 13.0. The van der Waals surface area contributed by atoms with Gasteiger partial charge in [-0.05, 0) is 105 Å². The molecular formula is C31H39FN2O3. The van der Waals surface area contributed by atoms with E-state index >= 15 is 4.39 Å². The molecule has 1 unspecified atom stereocenters. The Morgan fingerprint density at radius 3 is 2.81 bits per heavy atom. The molecule has 0 radical (unpaired) electrons. The van der Waals surface area contributed by atoms with Crippen molar-refractivity contribution < 1.29 is 19.0 Å². The number of halogens is 1. The second-order valence-electron chi connectivity index (χ2n) is 10.4. The number of rotatable bonds is 12. The molecule has 0 amide bonds. The van der Waals surface area contributed by atoms with Crippen LogP contribution in [-0.4, -0.2) is 47.7 Å². The minimum absolute atomic E-state index is 0.00399. The van der Waals surface area contributed by atoms with Gasteiger partial charge in [0.1, 0.15) is 11.9 Å². The number of benzene rings is 2. The van der Waals surface area contributed by atoms with Gasteiger partial charge in [0.2, 0.25) is 0 Å². The van der Waals surface area contributed by atoms with Gasteiger partial charge in [-0.3, -0.25) is 9.78 Å². The zero-order chi connectivity index (χ0) is 26.2. The number of methoxy groups -OCH3 is 1. The molecule has 0 aliphatic carbocycles. The van der Waals surface area contributed by atoms with E-state index in [-0.39, 0.29) is 5.92 Å². The molecule has 5 nitrogen and oxygen atoms in total. The van der Waals surface area contributed by atoms with E-state index in [1.807, 2.05) is 18.2 Å². The number of carboxylic acids is 1. The van der Waals surface area contributed by atoms with Crippen LogP contribution in [0.25, 0.3) is 10.9 Å². The summed E-state index contributed by atoms with van der Waals surface area (Å²) in [4.78, 5) is 18.7. The fourth-order valence-corrected chi connectivity index (χ4v) is 5.68. The summed E-state index contributed by atoms with van der Waals surface area (Å²) < 4.78 is 20.7. The van der Waals surface area contributed by atoms with Crippen molar-refractivity contribution in [1.29, 1.82) is 0 Å². The SMILES string of the molecule is COc1ccc2nccc(C(F)CC[C@@H]3CCN(CCCCCc4ccccc4C)C[C@@H]3C(=O)O)c2c1. The number of aromatic nitrogens is 1. The summed E-state index contributed by atoms with van der Waals surface area (Å²) in [6.07, 6.45) is 6.61. The molecule has 37 heavy (non-hydrogen) atoms. The predicted molar refractivity (Wildman–Crippen MR) is 146 cm³/mol. The number of hydrogen-bond donors (Lipinski definition) is 1. The lowest BCUT2D eigenvalue weighted by atomic mass is 9.81. The number of nitrogens with zero attached hydrogens (tertiary/aromatic N) is 2. The molecule has 1 N–H and O–H groups in total. The quantitative estimate of drug-likeness (QED) is 0.274. The van der Waals surface area contributed by atoms with Gasteiger partial charge in [0.05, 0.1) is 18.5 Å². The maximum absolute atomic E-state index is 15.4. The Balaban J connectivity index is 1.26. The molecule has 0 spiro atoms. The number of pyridine rings is 1. The summed E-state index contributed by atoms with van der Waals surface area (Å²) in [5.74, 6) is -0.538. The Morgan fingerprint density at radius 1 is 1.19 bits per heavy atom. The third-order valence-corrected chi connectivity index (χ3v) is 7.95. The van der Waals surface area contributed by atoms with Crippen LogP contribution in [0.15, 0.2) is 54.7 Å². The van der Waals surface area contributed by atoms with Crippen LogP contribution in [0, 0.1) is 18.8 Å². The average Bonchev–Trinajstić information content (AvgIpc) is 2.92. The first-order chi connectivity index (χ1) is 18.0. The van der Waals surface area contributed by atoms with E-state index in [9.17, 15) is 9.90 Å². The van der Waals surface area contributed by atoms with Gasteiger partial charge < -0.3 is 14.7 Å². The number of aryl methyl sites for hydroxylation is 2. The maximum Gasteiger partial charge on any atom is 0.308 e. The molecule has 1 fully saturated rings. The van der Waals surface area contributed by atoms with E-state index in [4.69, 9.17) is 4.74 Å². The van der Waals surface area contributed by atoms with Crippen molar-refractivity contribution in [2.45, 2.75) is 58.0 Å². The largest absolute Gasteiger partial charge is 0.497 e. The minimum Gasteiger partial charge on any atom is -0.497 e. The molecule has 4 rings (SSSR count). The molecule has 3 atom stereocenters. The predicted octanol–water partition coefficient (Wildman–Crippen LogP) is 6.78. The summed E-state index contributed by atoms with van der Waals surface area (Å²) >= 11 is 0. The van der Waals surface area contributed by atoms with E-state index in [0.29, 0.717) is 30.7 Å². The zero-order valence-electron chi connectivity index (χ0n) is 22.0. The lowest BCUT2D eigenvalue weighted by Gasteiger charge is -2.37. The van der Waals surface area contributed by atoms with Crippen molar-refractivity contribution in [3.8, 4) is 5.75 Å². The zero-order valence-corrected chi connectivity index (χ0v) is 22.0. The first-order valence-corrected chi connectivity index (χ1v) is 13.5. The van der Waals surface area contributed by atoms with Crippen LogP contribution in [0.3, 0.4) is 0 Å². The fourth-order valence-electron chi connectivity index (χ4n) is 5.68. The number of likely N-dealkylation sites (tertiary alicyclic amines) is 1. The van der Waals surface area contributed by atoms with Crippen molar-refractivity contribution in [3.05, 3.63) is 71.4 Å². The van der Waals surface area contributed by atoms with Crippen molar-refractivity contribution in [3.63, 3.8) is 0 Å². The van der Waals surface area contributed by atoms with Crippen molar-refractivity contribution >= 4 is 16.9 Å². The number of hydrogen-bond acceptors (Lipinski definition) is 4. The first-order valence-electron chi connectivity index (χ1n) is 13.5. The molecule has 1 aliphatic rings. The van der Waals surface area contributed by atoms with Gasteiger partial charge in [-0.25, -0.2) is 4.39 Å². The molecule has 1 aliphatic heterocycles. The number of fused-ring (bicyclic) bond motifs is 1. The third kappa shape index (κ3) is 7.07. The van der Waals surface area contributed by atoms with Gasteiger partial charge in [-0.1, -0.05) is 30.7 Å². The topological polar surface area (TPSA) is 62.7 Å². The highest BCUT2D eigenvalue weighted by Crippen LogP contribution is 2.35. The van der Waals surface area contributed by atoms with Crippen molar-refractivity contribution in [2.75, 3.05) is 26.7 Å². The summed E-state index contributed by atoms with van der Waals surface area (Å²) in [7, 11) is 1.59. The van der Waals surface area contributed by atoms with Gasteiger partial charge in [0.15, 0.2) is 0 Å². The molecule has 198 valence electrons. The molecule has 2 heterocycles. The molecular weight excluding hydrogens is 467 g/mol. The first kappa shape index (κ1) is 27.1. The average molecular weight is 507 g/mol. The van der Waals surface area contributed by atoms with Crippen LogP contribution < -0.4 is 4.74 Å². The van der Waals surface area contributed by atoms with E-state index in [1.165, 1.54) is 11.1 Å². The third-order valence-electron chi connectivity index (χ3n) is 7.95. The van der Waals surface area contributed by atoms with Crippen molar-refractivity contribution in [1.82, 2.24) is 9.88 Å². The smallest absolute Gasteiger partial charge is 0.308 e. The van der Waals surface area contributed by atoms with Gasteiger partial charge in [-0.2, -0.15) is 0 Å². The minimum atomic E-state index is -1.17. The van der Waals surface area contributed by atoms with Crippen molar-refractivity contribution in [2.24, 2.45) is 11.8 Å². The Kier molecular flexibility index (Phi) is 9.51.